The molecule has 100 valence electrons. The van der Waals surface area contributed by atoms with Crippen molar-refractivity contribution in [2.45, 2.75) is 13.0 Å². The van der Waals surface area contributed by atoms with Crippen molar-refractivity contribution in [3.63, 3.8) is 0 Å². The molecule has 0 aliphatic rings. The van der Waals surface area contributed by atoms with Crippen LogP contribution in [0.25, 0.3) is 22.6 Å². The molecular weight excluding hydrogens is 252 g/mol. The van der Waals surface area contributed by atoms with E-state index in [0.717, 1.165) is 11.1 Å². The van der Waals surface area contributed by atoms with E-state index in [9.17, 15) is 4.79 Å². The van der Waals surface area contributed by atoms with E-state index >= 15 is 0 Å². The Morgan fingerprint density at radius 3 is 2.65 bits per heavy atom. The molecule has 2 aromatic carbocycles. The number of Topliss-reactive ketones (excluding diaryl/α,β-unsaturated/α-hetero) is 1. The van der Waals surface area contributed by atoms with Crippen LogP contribution in [0.15, 0.2) is 52.9 Å². The van der Waals surface area contributed by atoms with Gasteiger partial charge in [0, 0.05) is 11.1 Å². The molecule has 4 nitrogen and oxygen atoms in total. The fraction of sp³-hybridized carbons (Fsp3) is 0.125. The van der Waals surface area contributed by atoms with Crippen LogP contribution in [0, 0.1) is 0 Å². The number of rotatable bonds is 3. The van der Waals surface area contributed by atoms with Gasteiger partial charge in [0.2, 0.25) is 5.89 Å². The van der Waals surface area contributed by atoms with E-state index in [-0.39, 0.29) is 5.78 Å². The number of hydrogen-bond acceptors (Lipinski definition) is 4. The van der Waals surface area contributed by atoms with Crippen LogP contribution >= 0.6 is 0 Å². The zero-order valence-corrected chi connectivity index (χ0v) is 11.0. The summed E-state index contributed by atoms with van der Waals surface area (Å²) in [5.41, 5.74) is 8.38. The Hall–Kier alpha value is -2.46. The number of ketones is 1. The molecule has 3 aromatic rings. The maximum atomic E-state index is 11.9. The summed E-state index contributed by atoms with van der Waals surface area (Å²) in [6.07, 6.45) is 0. The minimum Gasteiger partial charge on any atom is -0.436 e. The highest BCUT2D eigenvalue weighted by Crippen LogP contribution is 2.25. The average molecular weight is 266 g/mol. The number of benzene rings is 2. The van der Waals surface area contributed by atoms with Crippen LogP contribution < -0.4 is 5.73 Å². The Kier molecular flexibility index (Phi) is 3.08. The Balaban J connectivity index is 2.06. The van der Waals surface area contributed by atoms with Gasteiger partial charge < -0.3 is 10.2 Å². The second kappa shape index (κ2) is 4.90. The SMILES string of the molecule is CC(N)C(=O)c1ccc2nc(-c3ccccc3)oc2c1. The molecule has 0 radical (unpaired) electrons. The molecule has 1 aromatic heterocycles. The lowest BCUT2D eigenvalue weighted by atomic mass is 10.1. The van der Waals surface area contributed by atoms with Gasteiger partial charge in [-0.1, -0.05) is 18.2 Å². The molecule has 0 spiro atoms. The smallest absolute Gasteiger partial charge is 0.227 e. The zero-order chi connectivity index (χ0) is 14.1. The second-order valence-corrected chi connectivity index (χ2v) is 4.72. The highest BCUT2D eigenvalue weighted by Gasteiger charge is 2.14. The summed E-state index contributed by atoms with van der Waals surface area (Å²) in [4.78, 5) is 16.3. The number of hydrogen-bond donors (Lipinski definition) is 1. The maximum Gasteiger partial charge on any atom is 0.227 e. The first kappa shape index (κ1) is 12.6. The third-order valence-electron chi connectivity index (χ3n) is 3.11. The van der Waals surface area contributed by atoms with Crippen LogP contribution in [0.4, 0.5) is 0 Å². The average Bonchev–Trinajstić information content (AvgIpc) is 2.90. The maximum absolute atomic E-state index is 11.9. The van der Waals surface area contributed by atoms with Gasteiger partial charge in [0.05, 0.1) is 6.04 Å². The van der Waals surface area contributed by atoms with E-state index in [0.29, 0.717) is 17.0 Å². The van der Waals surface area contributed by atoms with Crippen molar-refractivity contribution < 1.29 is 9.21 Å². The fourth-order valence-corrected chi connectivity index (χ4v) is 2.04. The van der Waals surface area contributed by atoms with Crippen molar-refractivity contribution in [3.05, 3.63) is 54.1 Å². The van der Waals surface area contributed by atoms with Crippen molar-refractivity contribution in [3.8, 4) is 11.5 Å². The van der Waals surface area contributed by atoms with E-state index in [1.54, 1.807) is 25.1 Å². The van der Waals surface area contributed by atoms with E-state index in [1.807, 2.05) is 30.3 Å². The van der Waals surface area contributed by atoms with Gasteiger partial charge in [-0.15, -0.1) is 0 Å². The Labute approximate surface area is 116 Å². The summed E-state index contributed by atoms with van der Waals surface area (Å²) in [5.74, 6) is 0.440. The molecular formula is C16H14N2O2. The molecule has 1 atom stereocenters. The molecule has 0 saturated heterocycles. The molecule has 0 aliphatic heterocycles. The van der Waals surface area contributed by atoms with Crippen molar-refractivity contribution in [2.75, 3.05) is 0 Å². The number of nitrogens with zero attached hydrogens (tertiary/aromatic N) is 1. The minimum absolute atomic E-state index is 0.107. The second-order valence-electron chi connectivity index (χ2n) is 4.72. The van der Waals surface area contributed by atoms with Gasteiger partial charge in [0.15, 0.2) is 11.4 Å². The third kappa shape index (κ3) is 2.21. The number of oxazole rings is 1. The van der Waals surface area contributed by atoms with Gasteiger partial charge in [0.25, 0.3) is 0 Å². The molecule has 20 heavy (non-hydrogen) atoms. The highest BCUT2D eigenvalue weighted by molar-refractivity contribution is 6.01. The quantitative estimate of drug-likeness (QED) is 0.740. The highest BCUT2D eigenvalue weighted by atomic mass is 16.3. The molecule has 2 N–H and O–H groups in total. The summed E-state index contributed by atoms with van der Waals surface area (Å²) in [5, 5.41) is 0. The first-order valence-electron chi connectivity index (χ1n) is 6.41. The van der Waals surface area contributed by atoms with Crippen LogP contribution in [-0.2, 0) is 0 Å². The van der Waals surface area contributed by atoms with Crippen molar-refractivity contribution in [2.24, 2.45) is 5.73 Å². The van der Waals surface area contributed by atoms with E-state index in [2.05, 4.69) is 4.98 Å². The summed E-state index contributed by atoms with van der Waals surface area (Å²) >= 11 is 0. The number of carbonyl (C=O) groups excluding carboxylic acids is 1. The zero-order valence-electron chi connectivity index (χ0n) is 11.0. The van der Waals surface area contributed by atoms with Gasteiger partial charge in [-0.25, -0.2) is 4.98 Å². The van der Waals surface area contributed by atoms with Crippen LogP contribution in [0.2, 0.25) is 0 Å². The molecule has 0 aliphatic carbocycles. The van der Waals surface area contributed by atoms with Crippen LogP contribution in [-0.4, -0.2) is 16.8 Å². The molecule has 0 amide bonds. The van der Waals surface area contributed by atoms with E-state index < -0.39 is 6.04 Å². The van der Waals surface area contributed by atoms with Gasteiger partial charge in [0.1, 0.15) is 5.52 Å². The predicted molar refractivity (Wildman–Crippen MR) is 77.4 cm³/mol. The van der Waals surface area contributed by atoms with Gasteiger partial charge in [-0.3, -0.25) is 4.79 Å². The third-order valence-corrected chi connectivity index (χ3v) is 3.11. The molecule has 4 heteroatoms. The Morgan fingerprint density at radius 1 is 1.20 bits per heavy atom. The van der Waals surface area contributed by atoms with Crippen LogP contribution in [0.1, 0.15) is 17.3 Å². The molecule has 0 bridgehead atoms. The largest absolute Gasteiger partial charge is 0.436 e. The first-order valence-corrected chi connectivity index (χ1v) is 6.41. The number of fused-ring (bicyclic) bond motifs is 1. The van der Waals surface area contributed by atoms with Crippen molar-refractivity contribution in [1.82, 2.24) is 4.98 Å². The van der Waals surface area contributed by atoms with Crippen LogP contribution in [0.5, 0.6) is 0 Å². The lowest BCUT2D eigenvalue weighted by Gasteiger charge is -2.02. The summed E-state index contributed by atoms with van der Waals surface area (Å²) in [7, 11) is 0. The molecule has 0 saturated carbocycles. The molecule has 1 heterocycles. The summed E-state index contributed by atoms with van der Waals surface area (Å²) in [6.45, 7) is 1.67. The molecule has 1 unspecified atom stereocenters. The van der Waals surface area contributed by atoms with Crippen LogP contribution in [0.3, 0.4) is 0 Å². The molecule has 3 rings (SSSR count). The van der Waals surface area contributed by atoms with Gasteiger partial charge >= 0.3 is 0 Å². The number of carbonyl (C=O) groups is 1. The van der Waals surface area contributed by atoms with Crippen molar-refractivity contribution in [1.29, 1.82) is 0 Å². The standard InChI is InChI=1S/C16H14N2O2/c1-10(17)15(19)12-7-8-13-14(9-12)20-16(18-13)11-5-3-2-4-6-11/h2-10H,17H2,1H3. The van der Waals surface area contributed by atoms with E-state index in [4.69, 9.17) is 10.2 Å². The lowest BCUT2D eigenvalue weighted by Crippen LogP contribution is -2.26. The number of nitrogens with two attached hydrogens (primary N) is 1. The summed E-state index contributed by atoms with van der Waals surface area (Å²) in [6, 6.07) is 14.3. The van der Waals surface area contributed by atoms with Gasteiger partial charge in [-0.05, 0) is 37.3 Å². The Bertz CT molecular complexity index is 761. The monoisotopic (exact) mass is 266 g/mol. The topological polar surface area (TPSA) is 69.1 Å². The predicted octanol–water partition coefficient (Wildman–Crippen LogP) is 3.02. The first-order chi connectivity index (χ1) is 9.65. The molecule has 0 fully saturated rings. The minimum atomic E-state index is -0.524. The van der Waals surface area contributed by atoms with E-state index in [1.165, 1.54) is 0 Å². The Morgan fingerprint density at radius 2 is 1.95 bits per heavy atom. The lowest BCUT2D eigenvalue weighted by molar-refractivity contribution is 0.0968. The fourth-order valence-electron chi connectivity index (χ4n) is 2.04. The van der Waals surface area contributed by atoms with Crippen molar-refractivity contribution >= 4 is 16.9 Å². The normalized spacial score (nSPS) is 12.5. The summed E-state index contributed by atoms with van der Waals surface area (Å²) < 4.78 is 5.72. The number of aromatic nitrogens is 1. The van der Waals surface area contributed by atoms with Gasteiger partial charge in [-0.2, -0.15) is 0 Å².